The lowest BCUT2D eigenvalue weighted by Gasteiger charge is -2.07. The molecule has 0 aliphatic carbocycles. The maximum atomic E-state index is 13.5. The second-order valence-corrected chi connectivity index (χ2v) is 14.8. The third-order valence-electron chi connectivity index (χ3n) is 9.43. The van der Waals surface area contributed by atoms with Gasteiger partial charge in [0, 0.05) is 52.2 Å². The predicted molar refractivity (Wildman–Crippen MR) is 229 cm³/mol. The van der Waals surface area contributed by atoms with Crippen LogP contribution in [0, 0.1) is 0 Å². The summed E-state index contributed by atoms with van der Waals surface area (Å²) >= 11 is 3.14. The van der Waals surface area contributed by atoms with E-state index in [2.05, 4.69) is 0 Å². The van der Waals surface area contributed by atoms with Crippen LogP contribution in [0.2, 0.25) is 0 Å². The Morgan fingerprint density at radius 3 is 1.09 bits per heavy atom. The first-order valence-corrected chi connectivity index (χ1v) is 19.4. The zero-order valence-corrected chi connectivity index (χ0v) is 33.5. The summed E-state index contributed by atoms with van der Waals surface area (Å²) < 4.78 is 28.4. The van der Waals surface area contributed by atoms with Gasteiger partial charge in [-0.15, -0.1) is 22.7 Å². The van der Waals surface area contributed by atoms with Gasteiger partial charge in [-0.25, -0.2) is 0 Å². The minimum absolute atomic E-state index is 0.0186. The molecule has 2 heterocycles. The Bertz CT molecular complexity index is 2680. The number of methoxy groups -OCH3 is 5. The number of ether oxygens (including phenoxy) is 5. The van der Waals surface area contributed by atoms with E-state index in [0.717, 1.165) is 69.8 Å². The Hall–Kier alpha value is -6.62. The van der Waals surface area contributed by atoms with E-state index >= 15 is 0 Å². The first kappa shape index (κ1) is 38.6. The fourth-order valence-corrected chi connectivity index (χ4v) is 8.86. The van der Waals surface area contributed by atoms with Crippen molar-refractivity contribution in [2.24, 2.45) is 0 Å². The monoisotopic (exact) mass is 794 g/mol. The summed E-state index contributed by atoms with van der Waals surface area (Å²) in [6, 6.07) is 40.5. The molecular weight excluding hydrogens is 757 g/mol. The predicted octanol–water partition coefficient (Wildman–Crippen LogP) is 11.3. The standard InChI is InChI=1S/C24H20O4S.C23H18O4S/c1-26-17-8-4-15(5-9-17)23(25)22-20-13-12-19(28-3)14-21(20)29-24(22)16-6-10-18(27-2)11-7-16;1-26-17-9-5-15(6-10-17)23-21(22(25)14-3-7-16(24)8-4-14)19-12-11-18(27-2)13-20(19)28-23/h4-14H,1-3H3;3-13,24H,1-2H3. The van der Waals surface area contributed by atoms with E-state index in [1.54, 1.807) is 94.6 Å². The summed E-state index contributed by atoms with van der Waals surface area (Å²) in [5, 5.41) is 11.3. The lowest BCUT2D eigenvalue weighted by molar-refractivity contribution is 0.103. The molecule has 0 amide bonds. The zero-order valence-electron chi connectivity index (χ0n) is 31.8. The molecule has 0 bridgehead atoms. The molecule has 286 valence electrons. The van der Waals surface area contributed by atoms with Gasteiger partial charge in [0.15, 0.2) is 11.6 Å². The zero-order chi connectivity index (χ0) is 40.1. The molecule has 0 fully saturated rings. The number of carbonyl (C=O) groups excluding carboxylic acids is 2. The van der Waals surface area contributed by atoms with Gasteiger partial charge in [0.25, 0.3) is 0 Å². The van der Waals surface area contributed by atoms with Crippen LogP contribution in [0.15, 0.2) is 133 Å². The van der Waals surface area contributed by atoms with Crippen LogP contribution < -0.4 is 23.7 Å². The quantitative estimate of drug-likeness (QED) is 0.129. The Morgan fingerprint density at radius 1 is 0.421 bits per heavy atom. The Labute approximate surface area is 338 Å². The first-order chi connectivity index (χ1) is 27.7. The van der Waals surface area contributed by atoms with E-state index in [0.29, 0.717) is 22.3 Å². The molecule has 8 nitrogen and oxygen atoms in total. The van der Waals surface area contributed by atoms with Gasteiger partial charge in [-0.3, -0.25) is 9.59 Å². The molecule has 0 atom stereocenters. The molecule has 0 radical (unpaired) electrons. The largest absolute Gasteiger partial charge is 0.508 e. The molecule has 0 aliphatic rings. The maximum Gasteiger partial charge on any atom is 0.195 e. The van der Waals surface area contributed by atoms with E-state index in [1.807, 2.05) is 84.9 Å². The number of hydrogen-bond donors (Lipinski definition) is 1. The van der Waals surface area contributed by atoms with E-state index in [-0.39, 0.29) is 17.3 Å². The molecular formula is C47H38O8S2. The third kappa shape index (κ3) is 8.05. The van der Waals surface area contributed by atoms with Crippen LogP contribution in [0.5, 0.6) is 34.5 Å². The van der Waals surface area contributed by atoms with Gasteiger partial charge in [-0.2, -0.15) is 0 Å². The number of phenols is 1. The highest BCUT2D eigenvalue weighted by atomic mass is 32.1. The summed E-state index contributed by atoms with van der Waals surface area (Å²) in [6.07, 6.45) is 0. The fraction of sp³-hybridized carbons (Fsp3) is 0.106. The van der Waals surface area contributed by atoms with E-state index in [4.69, 9.17) is 23.7 Å². The molecule has 0 aliphatic heterocycles. The molecule has 10 heteroatoms. The topological polar surface area (TPSA) is 101 Å². The second kappa shape index (κ2) is 17.0. The van der Waals surface area contributed by atoms with Crippen LogP contribution in [-0.4, -0.2) is 52.2 Å². The average molecular weight is 795 g/mol. The summed E-state index contributed by atoms with van der Waals surface area (Å²) in [5.41, 5.74) is 4.42. The van der Waals surface area contributed by atoms with Gasteiger partial charge >= 0.3 is 0 Å². The molecule has 0 spiro atoms. The van der Waals surface area contributed by atoms with Crippen LogP contribution >= 0.6 is 22.7 Å². The number of carbonyl (C=O) groups is 2. The van der Waals surface area contributed by atoms with Gasteiger partial charge in [0.05, 0.1) is 35.5 Å². The lowest BCUT2D eigenvalue weighted by Crippen LogP contribution is -2.02. The fourth-order valence-electron chi connectivity index (χ4n) is 6.39. The number of rotatable bonds is 11. The minimum Gasteiger partial charge on any atom is -0.508 e. The van der Waals surface area contributed by atoms with Crippen molar-refractivity contribution in [3.63, 3.8) is 0 Å². The van der Waals surface area contributed by atoms with Crippen molar-refractivity contribution in [3.05, 3.63) is 156 Å². The SMILES string of the molecule is COc1ccc(-c2sc3cc(OC)ccc3c2C(=O)c2ccc(O)cc2)cc1.COc1ccc(C(=O)c2c(-c3ccc(OC)cc3)sc3cc(OC)ccc23)cc1. The van der Waals surface area contributed by atoms with Gasteiger partial charge in [0.1, 0.15) is 34.5 Å². The number of phenolic OH excluding ortho intramolecular Hbond substituents is 1. The highest BCUT2D eigenvalue weighted by Crippen LogP contribution is 2.43. The summed E-state index contributed by atoms with van der Waals surface area (Å²) in [7, 11) is 8.14. The molecule has 0 saturated carbocycles. The Morgan fingerprint density at radius 2 is 0.737 bits per heavy atom. The van der Waals surface area contributed by atoms with E-state index < -0.39 is 0 Å². The smallest absolute Gasteiger partial charge is 0.195 e. The number of ketones is 2. The third-order valence-corrected chi connectivity index (χ3v) is 11.8. The minimum atomic E-state index is -0.0813. The molecule has 8 rings (SSSR count). The Kier molecular flexibility index (Phi) is 11.5. The van der Waals surface area contributed by atoms with Gasteiger partial charge in [-0.05, 0) is 145 Å². The first-order valence-electron chi connectivity index (χ1n) is 17.8. The molecule has 1 N–H and O–H groups in total. The number of fused-ring (bicyclic) bond motifs is 2. The molecule has 57 heavy (non-hydrogen) atoms. The van der Waals surface area contributed by atoms with E-state index in [1.165, 1.54) is 12.1 Å². The van der Waals surface area contributed by atoms with Crippen LogP contribution in [0.1, 0.15) is 31.8 Å². The lowest BCUT2D eigenvalue weighted by atomic mass is 9.97. The van der Waals surface area contributed by atoms with Crippen molar-refractivity contribution in [1.82, 2.24) is 0 Å². The van der Waals surface area contributed by atoms with Crippen molar-refractivity contribution in [1.29, 1.82) is 0 Å². The molecule has 0 unspecified atom stereocenters. The number of benzene rings is 6. The van der Waals surface area contributed by atoms with Crippen LogP contribution in [-0.2, 0) is 0 Å². The summed E-state index contributed by atoms with van der Waals surface area (Å²) in [5.74, 6) is 3.81. The van der Waals surface area contributed by atoms with Crippen molar-refractivity contribution in [3.8, 4) is 55.4 Å². The second-order valence-electron chi connectivity index (χ2n) is 12.7. The van der Waals surface area contributed by atoms with Crippen LogP contribution in [0.4, 0.5) is 0 Å². The van der Waals surface area contributed by atoms with Gasteiger partial charge in [-0.1, -0.05) is 0 Å². The summed E-state index contributed by atoms with van der Waals surface area (Å²) in [6.45, 7) is 0. The average Bonchev–Trinajstić information content (AvgIpc) is 3.85. The Balaban J connectivity index is 0.000000174. The van der Waals surface area contributed by atoms with Crippen molar-refractivity contribution < 1.29 is 38.4 Å². The molecule has 6 aromatic carbocycles. The highest BCUT2D eigenvalue weighted by Gasteiger charge is 2.23. The van der Waals surface area contributed by atoms with Crippen LogP contribution in [0.3, 0.4) is 0 Å². The number of aromatic hydroxyl groups is 1. The molecule has 8 aromatic rings. The van der Waals surface area contributed by atoms with Crippen molar-refractivity contribution >= 4 is 54.4 Å². The highest BCUT2D eigenvalue weighted by molar-refractivity contribution is 7.23. The normalized spacial score (nSPS) is 10.8. The summed E-state index contributed by atoms with van der Waals surface area (Å²) in [4.78, 5) is 28.7. The number of thiophene rings is 2. The molecule has 0 saturated heterocycles. The van der Waals surface area contributed by atoms with Crippen molar-refractivity contribution in [2.75, 3.05) is 35.5 Å². The maximum absolute atomic E-state index is 13.5. The van der Waals surface area contributed by atoms with Crippen LogP contribution in [0.25, 0.3) is 41.1 Å². The van der Waals surface area contributed by atoms with E-state index in [9.17, 15) is 14.7 Å². The number of hydrogen-bond acceptors (Lipinski definition) is 10. The van der Waals surface area contributed by atoms with Gasteiger partial charge in [0.2, 0.25) is 0 Å². The van der Waals surface area contributed by atoms with Gasteiger partial charge < -0.3 is 28.8 Å². The molecule has 2 aromatic heterocycles. The van der Waals surface area contributed by atoms with Crippen molar-refractivity contribution in [2.45, 2.75) is 0 Å².